The molecule has 116 valence electrons. The Morgan fingerprint density at radius 3 is 2.65 bits per heavy atom. The second-order valence-corrected chi connectivity index (χ2v) is 5.15. The average Bonchev–Trinajstić information content (AvgIpc) is 2.54. The summed E-state index contributed by atoms with van der Waals surface area (Å²) in [5.74, 6) is -1.24. The van der Waals surface area contributed by atoms with Gasteiger partial charge >= 0.3 is 5.97 Å². The third kappa shape index (κ3) is 3.68. The van der Waals surface area contributed by atoms with Gasteiger partial charge in [-0.2, -0.15) is 5.26 Å². The van der Waals surface area contributed by atoms with E-state index in [4.69, 9.17) is 21.6 Å². The second-order valence-electron chi connectivity index (χ2n) is 4.74. The lowest BCUT2D eigenvalue weighted by Gasteiger charge is -2.10. The molecule has 0 aliphatic heterocycles. The van der Waals surface area contributed by atoms with Gasteiger partial charge in [0.2, 0.25) is 0 Å². The number of ether oxygens (including phenoxy) is 1. The summed E-state index contributed by atoms with van der Waals surface area (Å²) in [6.45, 7) is 0. The van der Waals surface area contributed by atoms with Crippen LogP contribution in [0.4, 0.5) is 0 Å². The molecule has 0 aliphatic rings. The molecule has 0 saturated carbocycles. The number of halogens is 1. The van der Waals surface area contributed by atoms with Crippen LogP contribution in [0.1, 0.15) is 31.8 Å². The second kappa shape index (κ2) is 6.95. The van der Waals surface area contributed by atoms with Gasteiger partial charge in [-0.05, 0) is 29.8 Å². The molecule has 0 atom stereocenters. The predicted molar refractivity (Wildman–Crippen MR) is 84.2 cm³/mol. The Bertz CT molecular complexity index is 824. The first kappa shape index (κ1) is 16.5. The number of aromatic carboxylic acids is 1. The third-order valence-electron chi connectivity index (χ3n) is 3.27. The lowest BCUT2D eigenvalue weighted by atomic mass is 9.97. The number of nitrogens with zero attached hydrogens (tertiary/aromatic N) is 1. The van der Waals surface area contributed by atoms with E-state index in [0.29, 0.717) is 11.1 Å². The number of carbonyl (C=O) groups is 2. The minimum absolute atomic E-state index is 0.0453. The summed E-state index contributed by atoms with van der Waals surface area (Å²) in [6.07, 6.45) is -0.139. The SMILES string of the molecule is COc1cc(C(=O)O)c(CC(=O)c2cccc(C#N)c2)cc1Cl. The van der Waals surface area contributed by atoms with E-state index >= 15 is 0 Å². The van der Waals surface area contributed by atoms with Crippen molar-refractivity contribution in [2.45, 2.75) is 6.42 Å². The van der Waals surface area contributed by atoms with Crippen LogP contribution in [0.5, 0.6) is 5.75 Å². The Balaban J connectivity index is 2.39. The molecule has 6 heteroatoms. The van der Waals surface area contributed by atoms with E-state index in [1.807, 2.05) is 6.07 Å². The fourth-order valence-corrected chi connectivity index (χ4v) is 2.40. The van der Waals surface area contributed by atoms with E-state index < -0.39 is 5.97 Å². The molecule has 0 unspecified atom stereocenters. The first-order valence-corrected chi connectivity index (χ1v) is 6.97. The number of carbonyl (C=O) groups excluding carboxylic acids is 1. The van der Waals surface area contributed by atoms with Crippen LogP contribution in [0.3, 0.4) is 0 Å². The van der Waals surface area contributed by atoms with Crippen molar-refractivity contribution in [3.63, 3.8) is 0 Å². The van der Waals surface area contributed by atoms with Crippen molar-refractivity contribution in [1.29, 1.82) is 5.26 Å². The third-order valence-corrected chi connectivity index (χ3v) is 3.57. The first-order valence-electron chi connectivity index (χ1n) is 6.59. The van der Waals surface area contributed by atoms with Crippen molar-refractivity contribution >= 4 is 23.4 Å². The Kier molecular flexibility index (Phi) is 4.99. The number of carboxylic acids is 1. The van der Waals surface area contributed by atoms with E-state index in [-0.39, 0.29) is 34.1 Å². The van der Waals surface area contributed by atoms with Crippen LogP contribution in [0.25, 0.3) is 0 Å². The molecule has 0 saturated heterocycles. The standard InChI is InChI=1S/C17H12ClNO4/c1-23-16-8-13(17(21)22)12(6-14(16)18)7-15(20)11-4-2-3-10(5-11)9-19/h2-6,8H,7H2,1H3,(H,21,22). The number of ketones is 1. The molecule has 0 aromatic heterocycles. The summed E-state index contributed by atoms with van der Waals surface area (Å²) in [4.78, 5) is 23.7. The largest absolute Gasteiger partial charge is 0.495 e. The molecule has 2 rings (SSSR count). The molecule has 0 aliphatic carbocycles. The maximum atomic E-state index is 12.3. The highest BCUT2D eigenvalue weighted by Gasteiger charge is 2.18. The van der Waals surface area contributed by atoms with Crippen LogP contribution >= 0.6 is 11.6 Å². The molecule has 0 spiro atoms. The zero-order valence-corrected chi connectivity index (χ0v) is 12.9. The first-order chi connectivity index (χ1) is 11.0. The smallest absolute Gasteiger partial charge is 0.336 e. The van der Waals surface area contributed by atoms with E-state index in [0.717, 1.165) is 0 Å². The maximum absolute atomic E-state index is 12.3. The highest BCUT2D eigenvalue weighted by atomic mass is 35.5. The van der Waals surface area contributed by atoms with Gasteiger partial charge in [-0.25, -0.2) is 4.79 Å². The van der Waals surface area contributed by atoms with Gasteiger partial charge in [0.1, 0.15) is 5.75 Å². The Morgan fingerprint density at radius 2 is 2.04 bits per heavy atom. The summed E-state index contributed by atoms with van der Waals surface area (Å²) < 4.78 is 4.99. The molecule has 2 aromatic rings. The van der Waals surface area contributed by atoms with Crippen LogP contribution in [-0.2, 0) is 6.42 Å². The van der Waals surface area contributed by atoms with Crippen LogP contribution in [-0.4, -0.2) is 24.0 Å². The molecular formula is C17H12ClNO4. The molecule has 2 aromatic carbocycles. The molecule has 23 heavy (non-hydrogen) atoms. The van der Waals surface area contributed by atoms with Crippen molar-refractivity contribution in [3.05, 3.63) is 63.7 Å². The molecule has 0 radical (unpaired) electrons. The van der Waals surface area contributed by atoms with Crippen molar-refractivity contribution in [2.24, 2.45) is 0 Å². The van der Waals surface area contributed by atoms with Gasteiger partial charge < -0.3 is 9.84 Å². The van der Waals surface area contributed by atoms with Crippen molar-refractivity contribution in [2.75, 3.05) is 7.11 Å². The molecule has 1 N–H and O–H groups in total. The average molecular weight is 330 g/mol. The lowest BCUT2D eigenvalue weighted by Crippen LogP contribution is -2.10. The normalized spacial score (nSPS) is 9.96. The number of Topliss-reactive ketones (excluding diaryl/α,β-unsaturated/α-hetero) is 1. The quantitative estimate of drug-likeness (QED) is 0.850. The van der Waals surface area contributed by atoms with Crippen molar-refractivity contribution in [3.8, 4) is 11.8 Å². The number of benzene rings is 2. The zero-order valence-electron chi connectivity index (χ0n) is 12.2. The molecule has 5 nitrogen and oxygen atoms in total. The summed E-state index contributed by atoms with van der Waals surface area (Å²) in [7, 11) is 1.38. The molecule has 0 heterocycles. The monoisotopic (exact) mass is 329 g/mol. The molecular weight excluding hydrogens is 318 g/mol. The number of methoxy groups -OCH3 is 1. The van der Waals surface area contributed by atoms with Gasteiger partial charge in [0.05, 0.1) is 29.3 Å². The zero-order chi connectivity index (χ0) is 17.0. The highest BCUT2D eigenvalue weighted by Crippen LogP contribution is 2.29. The number of hydrogen-bond acceptors (Lipinski definition) is 4. The van der Waals surface area contributed by atoms with E-state index in [9.17, 15) is 14.7 Å². The molecule has 0 amide bonds. The van der Waals surface area contributed by atoms with Crippen LogP contribution in [0.2, 0.25) is 5.02 Å². The Hall–Kier alpha value is -2.84. The van der Waals surface area contributed by atoms with Crippen molar-refractivity contribution < 1.29 is 19.4 Å². The molecule has 0 bridgehead atoms. The Labute approximate surface area is 137 Å². The summed E-state index contributed by atoms with van der Waals surface area (Å²) in [5.41, 5.74) is 0.945. The Morgan fingerprint density at radius 1 is 1.30 bits per heavy atom. The summed E-state index contributed by atoms with van der Waals surface area (Å²) >= 11 is 6.01. The van der Waals surface area contributed by atoms with E-state index in [1.165, 1.54) is 25.3 Å². The number of rotatable bonds is 5. The van der Waals surface area contributed by atoms with Gasteiger partial charge in [-0.15, -0.1) is 0 Å². The van der Waals surface area contributed by atoms with E-state index in [2.05, 4.69) is 0 Å². The van der Waals surface area contributed by atoms with Gasteiger partial charge in [0.15, 0.2) is 5.78 Å². The minimum Gasteiger partial charge on any atom is -0.495 e. The van der Waals surface area contributed by atoms with Gasteiger partial charge in [-0.1, -0.05) is 23.7 Å². The topological polar surface area (TPSA) is 87.4 Å². The summed E-state index contributed by atoms with van der Waals surface area (Å²) in [6, 6.07) is 10.9. The fraction of sp³-hybridized carbons (Fsp3) is 0.118. The predicted octanol–water partition coefficient (Wildman–Crippen LogP) is 3.34. The fourth-order valence-electron chi connectivity index (χ4n) is 2.13. The van der Waals surface area contributed by atoms with Crippen LogP contribution < -0.4 is 4.74 Å². The lowest BCUT2D eigenvalue weighted by molar-refractivity contribution is 0.0695. The van der Waals surface area contributed by atoms with Gasteiger partial charge in [-0.3, -0.25) is 4.79 Å². The van der Waals surface area contributed by atoms with Crippen LogP contribution in [0.15, 0.2) is 36.4 Å². The number of carboxylic acid groups (broad SMARTS) is 1. The van der Waals surface area contributed by atoms with E-state index in [1.54, 1.807) is 18.2 Å². The van der Waals surface area contributed by atoms with Gasteiger partial charge in [0.25, 0.3) is 0 Å². The van der Waals surface area contributed by atoms with Crippen LogP contribution in [0, 0.1) is 11.3 Å². The maximum Gasteiger partial charge on any atom is 0.336 e. The highest BCUT2D eigenvalue weighted by molar-refractivity contribution is 6.32. The number of nitriles is 1. The van der Waals surface area contributed by atoms with Gasteiger partial charge in [0, 0.05) is 12.0 Å². The van der Waals surface area contributed by atoms with Crippen molar-refractivity contribution in [1.82, 2.24) is 0 Å². The minimum atomic E-state index is -1.17. The number of hydrogen-bond donors (Lipinski definition) is 1. The molecule has 0 fully saturated rings. The summed E-state index contributed by atoms with van der Waals surface area (Å²) in [5, 5.41) is 18.4.